The highest BCUT2D eigenvalue weighted by Gasteiger charge is 2.00. The molecule has 0 spiro atoms. The summed E-state index contributed by atoms with van der Waals surface area (Å²) in [6.07, 6.45) is 2.25. The molecule has 0 rings (SSSR count). The van der Waals surface area contributed by atoms with Crippen LogP contribution < -0.4 is 5.32 Å². The van der Waals surface area contributed by atoms with E-state index in [9.17, 15) is 0 Å². The Bertz CT molecular complexity index is 166. The van der Waals surface area contributed by atoms with Crippen molar-refractivity contribution in [3.8, 4) is 0 Å². The van der Waals surface area contributed by atoms with Crippen LogP contribution in [0.3, 0.4) is 0 Å². The van der Waals surface area contributed by atoms with E-state index in [1.807, 2.05) is 0 Å². The van der Waals surface area contributed by atoms with Gasteiger partial charge in [-0.2, -0.15) is 0 Å². The minimum absolute atomic E-state index is 0. The number of hydrogen-bond acceptors (Lipinski definition) is 3. The fraction of sp³-hybridized carbons (Fsp3) is 1.00. The molecule has 0 saturated heterocycles. The largest absolute Gasteiger partial charge is 0.381 e. The van der Waals surface area contributed by atoms with Gasteiger partial charge in [-0.3, -0.25) is 0 Å². The molecule has 106 valence electrons. The Morgan fingerprint density at radius 3 is 2.35 bits per heavy atom. The fourth-order valence-electron chi connectivity index (χ4n) is 1.82. The van der Waals surface area contributed by atoms with Crippen LogP contribution in [0, 0.1) is 5.92 Å². The molecule has 0 aromatic carbocycles. The van der Waals surface area contributed by atoms with Crippen LogP contribution in [0.4, 0.5) is 0 Å². The van der Waals surface area contributed by atoms with Crippen molar-refractivity contribution in [2.45, 2.75) is 46.6 Å². The summed E-state index contributed by atoms with van der Waals surface area (Å²) in [5.74, 6) is 0.753. The van der Waals surface area contributed by atoms with Crippen LogP contribution in [0.1, 0.15) is 42.0 Å². The molecule has 0 unspecified atom stereocenters. The molecule has 1 N–H and O–H groups in total. The zero-order valence-corrected chi connectivity index (χ0v) is 12.5. The van der Waals surface area contributed by atoms with Gasteiger partial charge in [0.25, 0.3) is 0 Å². The third kappa shape index (κ3) is 13.8. The first kappa shape index (κ1) is 16.9. The zero-order valence-electron chi connectivity index (χ0n) is 12.5. The van der Waals surface area contributed by atoms with Gasteiger partial charge in [0.2, 0.25) is 0 Å². The molecule has 0 aliphatic carbocycles. The van der Waals surface area contributed by atoms with Crippen LogP contribution in [0.15, 0.2) is 0 Å². The Labute approximate surface area is 109 Å². The average molecular weight is 246 g/mol. The summed E-state index contributed by atoms with van der Waals surface area (Å²) < 4.78 is 5.60. The van der Waals surface area contributed by atoms with E-state index in [0.29, 0.717) is 6.04 Å². The number of nitrogens with zero attached hydrogens (tertiary/aromatic N) is 1. The third-order valence-corrected chi connectivity index (χ3v) is 2.52. The second-order valence-electron chi connectivity index (χ2n) is 5.58. The molecule has 17 heavy (non-hydrogen) atoms. The van der Waals surface area contributed by atoms with Crippen LogP contribution in [0.25, 0.3) is 0 Å². The van der Waals surface area contributed by atoms with Crippen molar-refractivity contribution >= 4 is 0 Å². The van der Waals surface area contributed by atoms with E-state index in [0.717, 1.165) is 45.1 Å². The lowest BCUT2D eigenvalue weighted by atomic mass is 10.2. The lowest BCUT2D eigenvalue weighted by molar-refractivity contribution is 0.120. The molecule has 0 aromatic rings. The Morgan fingerprint density at radius 2 is 1.76 bits per heavy atom. The summed E-state index contributed by atoms with van der Waals surface area (Å²) in [7, 11) is 2.19. The van der Waals surface area contributed by atoms with Crippen LogP contribution in [0.5, 0.6) is 0 Å². The first-order chi connectivity index (χ1) is 8.02. The summed E-state index contributed by atoms with van der Waals surface area (Å²) in [6, 6.07) is 0.583. The fourth-order valence-corrected chi connectivity index (χ4v) is 1.82. The van der Waals surface area contributed by atoms with Crippen molar-refractivity contribution in [3.05, 3.63) is 0 Å². The molecular formula is C14H34N2O. The van der Waals surface area contributed by atoms with E-state index in [2.05, 4.69) is 45.0 Å². The highest BCUT2D eigenvalue weighted by molar-refractivity contribution is 4.55. The van der Waals surface area contributed by atoms with Gasteiger partial charge in [0.15, 0.2) is 0 Å². The molecule has 0 fully saturated rings. The van der Waals surface area contributed by atoms with E-state index in [1.54, 1.807) is 0 Å². The van der Waals surface area contributed by atoms with Gasteiger partial charge in [-0.1, -0.05) is 27.7 Å². The molecule has 0 saturated carbocycles. The minimum Gasteiger partial charge on any atom is -0.381 e. The van der Waals surface area contributed by atoms with E-state index < -0.39 is 0 Å². The molecule has 0 radical (unpaired) electrons. The van der Waals surface area contributed by atoms with Crippen molar-refractivity contribution in [2.24, 2.45) is 5.92 Å². The Hall–Kier alpha value is -0.120. The van der Waals surface area contributed by atoms with E-state index in [4.69, 9.17) is 4.74 Å². The first-order valence-electron chi connectivity index (χ1n) is 7.02. The van der Waals surface area contributed by atoms with Crippen LogP contribution >= 0.6 is 0 Å². The van der Waals surface area contributed by atoms with E-state index in [-0.39, 0.29) is 1.43 Å². The van der Waals surface area contributed by atoms with E-state index in [1.165, 1.54) is 6.54 Å². The van der Waals surface area contributed by atoms with Gasteiger partial charge < -0.3 is 15.0 Å². The van der Waals surface area contributed by atoms with Gasteiger partial charge in [-0.25, -0.2) is 0 Å². The summed E-state index contributed by atoms with van der Waals surface area (Å²) in [5.41, 5.74) is 0. The van der Waals surface area contributed by atoms with Gasteiger partial charge in [0, 0.05) is 33.8 Å². The predicted molar refractivity (Wildman–Crippen MR) is 77.6 cm³/mol. The summed E-state index contributed by atoms with van der Waals surface area (Å²) in [5, 5.41) is 3.39. The molecule has 0 amide bonds. The van der Waals surface area contributed by atoms with Crippen molar-refractivity contribution in [1.82, 2.24) is 10.2 Å². The second kappa shape index (κ2) is 11.0. The van der Waals surface area contributed by atoms with Crippen molar-refractivity contribution in [1.29, 1.82) is 0 Å². The van der Waals surface area contributed by atoms with Gasteiger partial charge in [-0.05, 0) is 32.4 Å². The molecule has 0 heterocycles. The quantitative estimate of drug-likeness (QED) is 0.567. The van der Waals surface area contributed by atoms with Crippen molar-refractivity contribution in [2.75, 3.05) is 39.9 Å². The standard InChI is InChI=1S/C14H32N2O.H2/c1-13(2)12-16(5)9-7-11-17-10-6-8-15-14(3)4;/h13-15H,6-12H2,1-5H3;1H. The summed E-state index contributed by atoms with van der Waals surface area (Å²) >= 11 is 0. The minimum atomic E-state index is 0. The van der Waals surface area contributed by atoms with Gasteiger partial charge >= 0.3 is 0 Å². The molecule has 0 bridgehead atoms. The number of hydrogen-bond donors (Lipinski definition) is 1. The second-order valence-corrected chi connectivity index (χ2v) is 5.58. The Balaban J connectivity index is 0. The maximum absolute atomic E-state index is 5.60. The topological polar surface area (TPSA) is 24.5 Å². The molecule has 0 atom stereocenters. The SMILES string of the molecule is CC(C)CN(C)CCCOCCCNC(C)C.[HH]. The molecule has 3 nitrogen and oxygen atoms in total. The smallest absolute Gasteiger partial charge is 0.0478 e. The monoisotopic (exact) mass is 246 g/mol. The molecule has 3 heteroatoms. The van der Waals surface area contributed by atoms with Crippen LogP contribution in [-0.4, -0.2) is 50.8 Å². The third-order valence-electron chi connectivity index (χ3n) is 2.52. The van der Waals surface area contributed by atoms with E-state index >= 15 is 0 Å². The maximum Gasteiger partial charge on any atom is 0.0478 e. The highest BCUT2D eigenvalue weighted by Crippen LogP contribution is 1.97. The van der Waals surface area contributed by atoms with Gasteiger partial charge in [0.05, 0.1) is 0 Å². The van der Waals surface area contributed by atoms with Crippen molar-refractivity contribution < 1.29 is 6.16 Å². The molecular weight excluding hydrogens is 212 g/mol. The van der Waals surface area contributed by atoms with Crippen LogP contribution in [-0.2, 0) is 4.74 Å². The summed E-state index contributed by atoms with van der Waals surface area (Å²) in [4.78, 5) is 2.38. The molecule has 0 aliphatic rings. The zero-order chi connectivity index (χ0) is 13.1. The lowest BCUT2D eigenvalue weighted by Crippen LogP contribution is -2.26. The molecule has 0 aromatic heterocycles. The van der Waals surface area contributed by atoms with Crippen molar-refractivity contribution in [3.63, 3.8) is 0 Å². The van der Waals surface area contributed by atoms with Crippen LogP contribution in [0.2, 0.25) is 0 Å². The maximum atomic E-state index is 5.60. The van der Waals surface area contributed by atoms with Gasteiger partial charge in [-0.15, -0.1) is 0 Å². The Morgan fingerprint density at radius 1 is 1.12 bits per heavy atom. The first-order valence-corrected chi connectivity index (χ1v) is 7.02. The highest BCUT2D eigenvalue weighted by atomic mass is 16.5. The number of rotatable bonds is 11. The number of ether oxygens (including phenoxy) is 1. The average Bonchev–Trinajstić information content (AvgIpc) is 2.20. The normalized spacial score (nSPS) is 12.0. The van der Waals surface area contributed by atoms with Gasteiger partial charge in [0.1, 0.15) is 0 Å². The lowest BCUT2D eigenvalue weighted by Gasteiger charge is -2.18. The predicted octanol–water partition coefficient (Wildman–Crippen LogP) is 2.62. The summed E-state index contributed by atoms with van der Waals surface area (Å²) in [6.45, 7) is 14.0. The molecule has 0 aliphatic heterocycles. The number of nitrogens with one attached hydrogen (secondary N) is 1. The Kier molecular flexibility index (Phi) is 10.9.